The van der Waals surface area contributed by atoms with Gasteiger partial charge in [0.25, 0.3) is 0 Å². The number of hydrogen-bond donors (Lipinski definition) is 0. The Morgan fingerprint density at radius 1 is 0.846 bits per heavy atom. The van der Waals surface area contributed by atoms with Crippen molar-refractivity contribution in [2.75, 3.05) is 0 Å². The molecule has 0 N–H and O–H groups in total. The maximum Gasteiger partial charge on any atom is 0.343 e. The highest BCUT2D eigenvalue weighted by Crippen LogP contribution is 2.40. The molecule has 0 radical (unpaired) electrons. The molecule has 0 heterocycles. The molecule has 0 bridgehead atoms. The average Bonchev–Trinajstić information content (AvgIpc) is 2.66. The molecule has 132 valence electrons. The highest BCUT2D eigenvalue weighted by molar-refractivity contribution is 6.44. The van der Waals surface area contributed by atoms with Crippen LogP contribution in [0.2, 0.25) is 15.1 Å². The van der Waals surface area contributed by atoms with Gasteiger partial charge in [-0.3, -0.25) is 0 Å². The molecule has 6 heteroatoms. The van der Waals surface area contributed by atoms with Gasteiger partial charge in [0.2, 0.25) is 0 Å². The van der Waals surface area contributed by atoms with E-state index in [9.17, 15) is 4.79 Å². The molecular formula is C20H13Cl3O3. The number of halogens is 3. The number of rotatable bonds is 4. The summed E-state index contributed by atoms with van der Waals surface area (Å²) in [6.07, 6.45) is 0. The molecule has 3 nitrogen and oxygen atoms in total. The van der Waals surface area contributed by atoms with Crippen LogP contribution < -0.4 is 9.47 Å². The van der Waals surface area contributed by atoms with Crippen LogP contribution in [0.5, 0.6) is 17.2 Å². The lowest BCUT2D eigenvalue weighted by Gasteiger charge is -2.12. The first kappa shape index (κ1) is 18.6. The van der Waals surface area contributed by atoms with Gasteiger partial charge in [0, 0.05) is 6.07 Å². The van der Waals surface area contributed by atoms with Crippen molar-refractivity contribution < 1.29 is 14.3 Å². The average molecular weight is 408 g/mol. The molecule has 0 saturated carbocycles. The topological polar surface area (TPSA) is 35.5 Å². The third-order valence-electron chi connectivity index (χ3n) is 3.61. The Morgan fingerprint density at radius 3 is 2.12 bits per heavy atom. The second-order valence-corrected chi connectivity index (χ2v) is 6.60. The van der Waals surface area contributed by atoms with E-state index in [1.807, 2.05) is 6.07 Å². The summed E-state index contributed by atoms with van der Waals surface area (Å²) in [7, 11) is 0. The van der Waals surface area contributed by atoms with Crippen molar-refractivity contribution in [3.8, 4) is 17.2 Å². The van der Waals surface area contributed by atoms with Gasteiger partial charge in [-0.15, -0.1) is 0 Å². The smallest absolute Gasteiger partial charge is 0.343 e. The van der Waals surface area contributed by atoms with Gasteiger partial charge in [0.15, 0.2) is 0 Å². The van der Waals surface area contributed by atoms with Crippen LogP contribution in [0.4, 0.5) is 0 Å². The standard InChI is InChI=1S/C20H13Cl3O3/c1-12-18(22)16(21)11-17(19(12)23)25-14-7-9-15(10-8-14)26-20(24)13-5-3-2-4-6-13/h2-11H,1H3. The van der Waals surface area contributed by atoms with E-state index in [4.69, 9.17) is 44.3 Å². The van der Waals surface area contributed by atoms with Gasteiger partial charge in [0.05, 0.1) is 20.6 Å². The Balaban J connectivity index is 1.74. The maximum atomic E-state index is 12.0. The van der Waals surface area contributed by atoms with Crippen LogP contribution in [0.15, 0.2) is 60.7 Å². The van der Waals surface area contributed by atoms with Crippen molar-refractivity contribution in [2.45, 2.75) is 6.92 Å². The molecule has 0 aliphatic rings. The molecule has 0 aliphatic carbocycles. The van der Waals surface area contributed by atoms with E-state index >= 15 is 0 Å². The molecule has 0 spiro atoms. The van der Waals surface area contributed by atoms with Gasteiger partial charge in [-0.2, -0.15) is 0 Å². The van der Waals surface area contributed by atoms with Crippen LogP contribution in [0.3, 0.4) is 0 Å². The van der Waals surface area contributed by atoms with Crippen molar-refractivity contribution in [3.05, 3.63) is 86.9 Å². The Labute approximate surface area is 166 Å². The highest BCUT2D eigenvalue weighted by atomic mass is 35.5. The van der Waals surface area contributed by atoms with Crippen molar-refractivity contribution in [3.63, 3.8) is 0 Å². The maximum absolute atomic E-state index is 12.0. The van der Waals surface area contributed by atoms with Gasteiger partial charge in [-0.25, -0.2) is 4.79 Å². The molecule has 0 saturated heterocycles. The molecule has 3 rings (SSSR count). The van der Waals surface area contributed by atoms with Gasteiger partial charge >= 0.3 is 5.97 Å². The van der Waals surface area contributed by atoms with E-state index in [-0.39, 0.29) is 0 Å². The van der Waals surface area contributed by atoms with E-state index in [1.54, 1.807) is 61.5 Å². The second kappa shape index (κ2) is 8.00. The molecule has 0 aliphatic heterocycles. The lowest BCUT2D eigenvalue weighted by atomic mass is 10.2. The summed E-state index contributed by atoms with van der Waals surface area (Å²) in [5.41, 5.74) is 1.12. The van der Waals surface area contributed by atoms with E-state index in [2.05, 4.69) is 0 Å². The normalized spacial score (nSPS) is 10.5. The van der Waals surface area contributed by atoms with Crippen molar-refractivity contribution >= 4 is 40.8 Å². The summed E-state index contributed by atoms with van der Waals surface area (Å²) in [4.78, 5) is 12.0. The summed E-state index contributed by atoms with van der Waals surface area (Å²) in [6.45, 7) is 1.76. The first-order valence-corrected chi connectivity index (χ1v) is 8.78. The van der Waals surface area contributed by atoms with E-state index in [1.165, 1.54) is 0 Å². The summed E-state index contributed by atoms with van der Waals surface area (Å²) in [6, 6.07) is 16.9. The predicted molar refractivity (Wildman–Crippen MR) is 104 cm³/mol. The van der Waals surface area contributed by atoms with Crippen LogP contribution in [0.1, 0.15) is 15.9 Å². The molecule has 0 atom stereocenters. The lowest BCUT2D eigenvalue weighted by molar-refractivity contribution is 0.0734. The second-order valence-electron chi connectivity index (χ2n) is 5.44. The van der Waals surface area contributed by atoms with Crippen LogP contribution in [0.25, 0.3) is 0 Å². The Morgan fingerprint density at radius 2 is 1.46 bits per heavy atom. The molecular weight excluding hydrogens is 395 g/mol. The van der Waals surface area contributed by atoms with Gasteiger partial charge in [-0.1, -0.05) is 53.0 Å². The molecule has 0 unspecified atom stereocenters. The molecule has 0 aromatic heterocycles. The zero-order valence-corrected chi connectivity index (χ0v) is 15.9. The number of esters is 1. The minimum Gasteiger partial charge on any atom is -0.456 e. The van der Waals surface area contributed by atoms with Crippen LogP contribution in [-0.4, -0.2) is 5.97 Å². The Hall–Kier alpha value is -2.20. The number of carbonyl (C=O) groups excluding carboxylic acids is 1. The molecule has 26 heavy (non-hydrogen) atoms. The lowest BCUT2D eigenvalue weighted by Crippen LogP contribution is -2.07. The predicted octanol–water partition coefficient (Wildman–Crippen LogP) is 6.97. The fourth-order valence-corrected chi connectivity index (χ4v) is 2.85. The van der Waals surface area contributed by atoms with E-state index in [0.29, 0.717) is 43.4 Å². The largest absolute Gasteiger partial charge is 0.456 e. The number of benzene rings is 3. The monoisotopic (exact) mass is 406 g/mol. The van der Waals surface area contributed by atoms with Gasteiger partial charge < -0.3 is 9.47 Å². The zero-order chi connectivity index (χ0) is 18.7. The highest BCUT2D eigenvalue weighted by Gasteiger charge is 2.14. The summed E-state index contributed by atoms with van der Waals surface area (Å²) < 4.78 is 11.1. The van der Waals surface area contributed by atoms with E-state index in [0.717, 1.165) is 0 Å². The fraction of sp³-hybridized carbons (Fsp3) is 0.0500. The van der Waals surface area contributed by atoms with Crippen LogP contribution in [0, 0.1) is 6.92 Å². The zero-order valence-electron chi connectivity index (χ0n) is 13.6. The quantitative estimate of drug-likeness (QED) is 0.266. The summed E-state index contributed by atoms with van der Waals surface area (Å²) >= 11 is 18.4. The molecule has 0 amide bonds. The minimum atomic E-state index is -0.428. The third-order valence-corrected chi connectivity index (χ3v) is 4.97. The summed E-state index contributed by atoms with van der Waals surface area (Å²) in [5, 5.41) is 1.14. The van der Waals surface area contributed by atoms with Gasteiger partial charge in [-0.05, 0) is 48.9 Å². The molecule has 3 aromatic rings. The van der Waals surface area contributed by atoms with Crippen LogP contribution >= 0.6 is 34.8 Å². The number of hydrogen-bond acceptors (Lipinski definition) is 3. The van der Waals surface area contributed by atoms with Crippen LogP contribution in [-0.2, 0) is 0 Å². The number of carbonyl (C=O) groups is 1. The Kier molecular flexibility index (Phi) is 5.72. The minimum absolute atomic E-state index is 0.358. The first-order valence-electron chi connectivity index (χ1n) is 7.65. The fourth-order valence-electron chi connectivity index (χ4n) is 2.22. The summed E-state index contributed by atoms with van der Waals surface area (Å²) in [5.74, 6) is 0.891. The Bertz CT molecular complexity index is 939. The van der Waals surface area contributed by atoms with E-state index < -0.39 is 5.97 Å². The van der Waals surface area contributed by atoms with Crippen molar-refractivity contribution in [2.24, 2.45) is 0 Å². The SMILES string of the molecule is Cc1c(Cl)c(Cl)cc(Oc2ccc(OC(=O)c3ccccc3)cc2)c1Cl. The van der Waals surface area contributed by atoms with Gasteiger partial charge in [0.1, 0.15) is 17.2 Å². The number of ether oxygens (including phenoxy) is 2. The molecule has 3 aromatic carbocycles. The molecule has 0 fully saturated rings. The first-order chi connectivity index (χ1) is 12.5. The third kappa shape index (κ3) is 4.13. The van der Waals surface area contributed by atoms with Crippen molar-refractivity contribution in [1.29, 1.82) is 0 Å². The van der Waals surface area contributed by atoms with Crippen molar-refractivity contribution in [1.82, 2.24) is 0 Å².